The van der Waals surface area contributed by atoms with Gasteiger partial charge in [0.05, 0.1) is 25.3 Å². The maximum Gasteiger partial charge on any atom is 0.193 e. The number of guanidine groups is 1. The second-order valence-corrected chi connectivity index (χ2v) is 8.09. The van der Waals surface area contributed by atoms with Crippen molar-refractivity contribution in [2.24, 2.45) is 4.99 Å². The van der Waals surface area contributed by atoms with Crippen LogP contribution in [0.25, 0.3) is 0 Å². The van der Waals surface area contributed by atoms with E-state index in [-0.39, 0.29) is 30.1 Å². The van der Waals surface area contributed by atoms with Gasteiger partial charge in [0.25, 0.3) is 0 Å². The Kier molecular flexibility index (Phi) is 9.70. The van der Waals surface area contributed by atoms with Crippen molar-refractivity contribution in [1.29, 1.82) is 0 Å². The molecular formula is C21H31IN4OS. The minimum Gasteiger partial charge on any atom is -0.376 e. The van der Waals surface area contributed by atoms with E-state index in [1.54, 1.807) is 0 Å². The van der Waals surface area contributed by atoms with Crippen LogP contribution in [0.5, 0.6) is 0 Å². The number of ether oxygens (including phenoxy) is 1. The maximum atomic E-state index is 5.74. The zero-order chi connectivity index (χ0) is 19.1. The van der Waals surface area contributed by atoms with Crippen LogP contribution >= 0.6 is 35.3 Å². The van der Waals surface area contributed by atoms with Gasteiger partial charge >= 0.3 is 0 Å². The predicted octanol–water partition coefficient (Wildman–Crippen LogP) is 3.84. The summed E-state index contributed by atoms with van der Waals surface area (Å²) in [4.78, 5) is 10.8. The highest BCUT2D eigenvalue weighted by Gasteiger charge is 2.26. The van der Waals surface area contributed by atoms with E-state index < -0.39 is 0 Å². The molecule has 28 heavy (non-hydrogen) atoms. The molecule has 1 aromatic heterocycles. The molecule has 2 atom stereocenters. The van der Waals surface area contributed by atoms with Gasteiger partial charge in [0.2, 0.25) is 0 Å². The lowest BCUT2D eigenvalue weighted by molar-refractivity contribution is -0.0334. The number of thiophene rings is 1. The minimum absolute atomic E-state index is 0. The number of hydrogen-bond acceptors (Lipinski definition) is 4. The van der Waals surface area contributed by atoms with Crippen molar-refractivity contribution < 1.29 is 4.74 Å². The fourth-order valence-electron chi connectivity index (χ4n) is 3.31. The number of morpholine rings is 1. The molecule has 0 bridgehead atoms. The van der Waals surface area contributed by atoms with Crippen molar-refractivity contribution in [2.45, 2.75) is 25.6 Å². The molecule has 154 valence electrons. The van der Waals surface area contributed by atoms with E-state index in [0.717, 1.165) is 32.2 Å². The van der Waals surface area contributed by atoms with Crippen LogP contribution < -0.4 is 5.32 Å². The first-order valence-electron chi connectivity index (χ1n) is 9.52. The van der Waals surface area contributed by atoms with Gasteiger partial charge in [-0.1, -0.05) is 36.4 Å². The summed E-state index contributed by atoms with van der Waals surface area (Å²) >= 11 is 1.82. The molecule has 0 amide bonds. The van der Waals surface area contributed by atoms with Crippen molar-refractivity contribution in [3.8, 4) is 0 Å². The van der Waals surface area contributed by atoms with Crippen LogP contribution in [0, 0.1) is 0 Å². The van der Waals surface area contributed by atoms with Gasteiger partial charge in [0.15, 0.2) is 5.96 Å². The number of rotatable bonds is 6. The van der Waals surface area contributed by atoms with Crippen LogP contribution in [0.4, 0.5) is 0 Å². The Morgan fingerprint density at radius 2 is 2.07 bits per heavy atom. The third-order valence-corrected chi connectivity index (χ3v) is 5.69. The molecule has 0 aliphatic carbocycles. The largest absolute Gasteiger partial charge is 0.376 e. The normalized spacial score (nSPS) is 19.0. The monoisotopic (exact) mass is 514 g/mol. The van der Waals surface area contributed by atoms with Crippen molar-refractivity contribution in [3.05, 3.63) is 58.3 Å². The average molecular weight is 514 g/mol. The molecule has 2 unspecified atom stereocenters. The van der Waals surface area contributed by atoms with Crippen LogP contribution in [0.1, 0.15) is 23.4 Å². The average Bonchev–Trinajstić information content (AvgIpc) is 3.19. The van der Waals surface area contributed by atoms with Crippen LogP contribution in [0.15, 0.2) is 52.8 Å². The van der Waals surface area contributed by atoms with Gasteiger partial charge in [-0.15, -0.1) is 35.3 Å². The molecule has 3 rings (SSSR count). The highest BCUT2D eigenvalue weighted by Crippen LogP contribution is 2.26. The molecule has 1 N–H and O–H groups in total. The van der Waals surface area contributed by atoms with Crippen molar-refractivity contribution in [2.75, 3.05) is 40.3 Å². The number of aliphatic imine (C=N–C) groups is 1. The van der Waals surface area contributed by atoms with Gasteiger partial charge in [-0.3, -0.25) is 4.90 Å². The number of hydrogen-bond donors (Lipinski definition) is 1. The number of benzene rings is 1. The Morgan fingerprint density at radius 3 is 2.71 bits per heavy atom. The van der Waals surface area contributed by atoms with Gasteiger partial charge in [-0.2, -0.15) is 0 Å². The summed E-state index contributed by atoms with van der Waals surface area (Å²) < 4.78 is 5.74. The van der Waals surface area contributed by atoms with Gasteiger partial charge in [0.1, 0.15) is 0 Å². The number of nitrogens with zero attached hydrogens (tertiary/aromatic N) is 3. The molecule has 2 aromatic rings. The lowest BCUT2D eigenvalue weighted by Gasteiger charge is -2.37. The van der Waals surface area contributed by atoms with Gasteiger partial charge in [-0.25, -0.2) is 4.99 Å². The van der Waals surface area contributed by atoms with E-state index in [4.69, 9.17) is 9.73 Å². The molecule has 0 spiro atoms. The Morgan fingerprint density at radius 1 is 1.29 bits per heavy atom. The summed E-state index contributed by atoms with van der Waals surface area (Å²) in [6, 6.07) is 15.1. The Hall–Kier alpha value is -1.16. The molecule has 1 aliphatic heterocycles. The van der Waals surface area contributed by atoms with Crippen LogP contribution in [-0.2, 0) is 11.3 Å². The van der Waals surface area contributed by atoms with E-state index in [0.29, 0.717) is 12.6 Å². The summed E-state index contributed by atoms with van der Waals surface area (Å²) in [5.74, 6) is 0.918. The van der Waals surface area contributed by atoms with Crippen molar-refractivity contribution in [1.82, 2.24) is 15.1 Å². The first-order valence-corrected chi connectivity index (χ1v) is 10.4. The Balaban J connectivity index is 0.00000280. The molecule has 7 heteroatoms. The zero-order valence-electron chi connectivity index (χ0n) is 16.9. The topological polar surface area (TPSA) is 40.1 Å². The molecule has 1 fully saturated rings. The van der Waals surface area contributed by atoms with E-state index >= 15 is 0 Å². The smallest absolute Gasteiger partial charge is 0.193 e. The lowest BCUT2D eigenvalue weighted by Crippen LogP contribution is -2.47. The summed E-state index contributed by atoms with van der Waals surface area (Å²) in [6.07, 6.45) is 0.279. The summed E-state index contributed by atoms with van der Waals surface area (Å²) in [5.41, 5.74) is 1.22. The van der Waals surface area contributed by atoms with Crippen LogP contribution in [0.3, 0.4) is 0 Å². The standard InChI is InChI=1S/C21H30N4OS.HI/c1-17-16-25(11-12-26-17)19(20-10-7-13-27-20)15-23-21(24(2)3)22-14-18-8-5-4-6-9-18;/h4-10,13,17,19H,11-12,14-16H2,1-3H3,(H,22,23);1H. The highest BCUT2D eigenvalue weighted by molar-refractivity contribution is 14.0. The second-order valence-electron chi connectivity index (χ2n) is 7.11. The van der Waals surface area contributed by atoms with Gasteiger partial charge < -0.3 is 15.0 Å². The number of nitrogens with one attached hydrogen (secondary N) is 1. The molecule has 5 nitrogen and oxygen atoms in total. The van der Waals surface area contributed by atoms with Crippen molar-refractivity contribution in [3.63, 3.8) is 0 Å². The molecule has 2 heterocycles. The molecular weight excluding hydrogens is 483 g/mol. The first-order chi connectivity index (χ1) is 13.1. The summed E-state index contributed by atoms with van der Waals surface area (Å²) in [7, 11) is 4.07. The molecule has 1 saturated heterocycles. The third-order valence-electron chi connectivity index (χ3n) is 4.72. The van der Waals surface area contributed by atoms with E-state index in [1.807, 2.05) is 31.5 Å². The summed E-state index contributed by atoms with van der Waals surface area (Å²) in [5, 5.41) is 5.75. The third kappa shape index (κ3) is 6.72. The summed E-state index contributed by atoms with van der Waals surface area (Å²) in [6.45, 7) is 6.39. The SMILES string of the molecule is CC1CN(C(CNC(=NCc2ccccc2)N(C)C)c2cccs2)CCO1.I. The fourth-order valence-corrected chi connectivity index (χ4v) is 4.17. The maximum absolute atomic E-state index is 5.74. The van der Waals surface area contributed by atoms with Crippen LogP contribution in [-0.4, -0.2) is 62.2 Å². The minimum atomic E-state index is 0. The molecule has 1 aromatic carbocycles. The fraction of sp³-hybridized carbons (Fsp3) is 0.476. The van der Waals surface area contributed by atoms with Gasteiger partial charge in [-0.05, 0) is 23.9 Å². The zero-order valence-corrected chi connectivity index (χ0v) is 20.0. The van der Waals surface area contributed by atoms with E-state index in [1.165, 1.54) is 10.4 Å². The van der Waals surface area contributed by atoms with E-state index in [2.05, 4.69) is 63.8 Å². The van der Waals surface area contributed by atoms with Crippen molar-refractivity contribution >= 4 is 41.3 Å². The predicted molar refractivity (Wildman–Crippen MR) is 129 cm³/mol. The molecule has 0 radical (unpaired) electrons. The van der Waals surface area contributed by atoms with Gasteiger partial charge in [0, 0.05) is 38.6 Å². The Bertz CT molecular complexity index is 708. The quantitative estimate of drug-likeness (QED) is 0.362. The Labute approximate surface area is 189 Å². The second kappa shape index (κ2) is 11.7. The van der Waals surface area contributed by atoms with Crippen LogP contribution in [0.2, 0.25) is 0 Å². The van der Waals surface area contributed by atoms with E-state index in [9.17, 15) is 0 Å². The first kappa shape index (κ1) is 23.1. The highest BCUT2D eigenvalue weighted by atomic mass is 127. The lowest BCUT2D eigenvalue weighted by atomic mass is 10.1. The number of halogens is 1. The molecule has 0 saturated carbocycles. The molecule has 1 aliphatic rings.